The standard InChI is InChI=1S/4O.Ru.Ti. The summed E-state index contributed by atoms with van der Waals surface area (Å²) in [6.07, 6.45) is 0. The van der Waals surface area contributed by atoms with Gasteiger partial charge in [0.15, 0.2) is 0 Å². The molecule has 6 heavy (non-hydrogen) atoms. The summed E-state index contributed by atoms with van der Waals surface area (Å²) in [5.41, 5.74) is 0. The normalized spacial score (nSPS) is 4.00. The Labute approximate surface area is 50.0 Å². The predicted octanol–water partition coefficient (Wildman–Crippen LogP) is -0.480. The third-order valence-corrected chi connectivity index (χ3v) is 0. The SMILES string of the molecule is [O]=[Ru]=[O].[O]=[Ti]=[O]. The van der Waals surface area contributed by atoms with Gasteiger partial charge in [-0.3, -0.25) is 0 Å². The van der Waals surface area contributed by atoms with Crippen LogP contribution in [0.4, 0.5) is 0 Å². The second-order valence-corrected chi connectivity index (χ2v) is 0.692. The summed E-state index contributed by atoms with van der Waals surface area (Å²) in [5, 5.41) is 0. The van der Waals surface area contributed by atoms with E-state index < -0.39 is 36.1 Å². The molecule has 0 saturated carbocycles. The maximum absolute atomic E-state index is 8.50. The van der Waals surface area contributed by atoms with Crippen molar-refractivity contribution >= 4 is 0 Å². The monoisotopic (exact) mass is 214 g/mol. The van der Waals surface area contributed by atoms with Crippen molar-refractivity contribution in [3.63, 3.8) is 0 Å². The molecule has 0 rings (SSSR count). The van der Waals surface area contributed by atoms with E-state index in [0.29, 0.717) is 0 Å². The molecule has 0 spiro atoms. The van der Waals surface area contributed by atoms with E-state index in [2.05, 4.69) is 0 Å². The summed E-state index contributed by atoms with van der Waals surface area (Å²) in [5.74, 6) is 0. The van der Waals surface area contributed by atoms with Crippen LogP contribution in [0.15, 0.2) is 0 Å². The average molecular weight is 213 g/mol. The van der Waals surface area contributed by atoms with Crippen molar-refractivity contribution < 1.29 is 49.9 Å². The summed E-state index contributed by atoms with van der Waals surface area (Å²) in [7, 11) is 0. The average Bonchev–Trinajstić information content (AvgIpc) is 1.39. The molecule has 0 amide bonds. The Morgan fingerprint density at radius 1 is 1.17 bits per heavy atom. The van der Waals surface area contributed by atoms with Crippen molar-refractivity contribution in [1.29, 1.82) is 0 Å². The fraction of sp³-hybridized carbons (Fsp3) is 0. The minimum absolute atomic E-state index is 1.79. The third-order valence-electron chi connectivity index (χ3n) is 0. The second-order valence-electron chi connectivity index (χ2n) is 0.142. The number of rotatable bonds is 0. The van der Waals surface area contributed by atoms with Gasteiger partial charge in [0.25, 0.3) is 0 Å². The van der Waals surface area contributed by atoms with E-state index in [0.717, 1.165) is 0 Å². The fourth-order valence-electron chi connectivity index (χ4n) is 0. The van der Waals surface area contributed by atoms with Crippen LogP contribution in [0.3, 0.4) is 0 Å². The van der Waals surface area contributed by atoms with Crippen LogP contribution in [0.1, 0.15) is 0 Å². The first-order valence-electron chi connectivity index (χ1n) is 0.697. The molecule has 0 unspecified atom stereocenters. The van der Waals surface area contributed by atoms with Gasteiger partial charge < -0.3 is 0 Å². The zero-order valence-corrected chi connectivity index (χ0v) is 5.79. The van der Waals surface area contributed by atoms with Crippen LogP contribution >= 0.6 is 0 Å². The third kappa shape index (κ3) is 196. The van der Waals surface area contributed by atoms with Gasteiger partial charge >= 0.3 is 49.9 Å². The molecule has 0 atom stereocenters. The van der Waals surface area contributed by atoms with Gasteiger partial charge in [-0.2, -0.15) is 0 Å². The van der Waals surface area contributed by atoms with Crippen LogP contribution in [0.25, 0.3) is 0 Å². The first-order chi connectivity index (χ1) is 2.83. The Hall–Kier alpha value is 0.538. The van der Waals surface area contributed by atoms with Gasteiger partial charge in [0.05, 0.1) is 0 Å². The summed E-state index contributed by atoms with van der Waals surface area (Å²) in [6, 6.07) is 0. The molecule has 0 aromatic carbocycles. The van der Waals surface area contributed by atoms with Crippen molar-refractivity contribution in [3.8, 4) is 0 Å². The van der Waals surface area contributed by atoms with Crippen molar-refractivity contribution in [2.75, 3.05) is 0 Å². The van der Waals surface area contributed by atoms with Gasteiger partial charge in [0, 0.05) is 0 Å². The molecule has 0 aliphatic rings. The Morgan fingerprint density at radius 3 is 1.17 bits per heavy atom. The maximum atomic E-state index is 8.50. The zero-order valence-electron chi connectivity index (χ0n) is 2.49. The van der Waals surface area contributed by atoms with Crippen LogP contribution < -0.4 is 0 Å². The van der Waals surface area contributed by atoms with E-state index in [-0.39, 0.29) is 0 Å². The van der Waals surface area contributed by atoms with Crippen LogP contribution in [0, 0.1) is 0 Å². The van der Waals surface area contributed by atoms with Crippen LogP contribution in [0.5, 0.6) is 0 Å². The molecule has 36 valence electrons. The molecule has 0 aliphatic carbocycles. The second kappa shape index (κ2) is 17.7. The van der Waals surface area contributed by atoms with Gasteiger partial charge in [-0.05, 0) is 0 Å². The molecule has 0 fully saturated rings. The summed E-state index contributed by atoms with van der Waals surface area (Å²) in [6.45, 7) is 0. The van der Waals surface area contributed by atoms with Crippen molar-refractivity contribution in [3.05, 3.63) is 0 Å². The molecule has 0 saturated heterocycles. The predicted molar refractivity (Wildman–Crippen MR) is 2.75 cm³/mol. The quantitative estimate of drug-likeness (QED) is 0.509. The molecule has 0 aromatic heterocycles. The fourth-order valence-corrected chi connectivity index (χ4v) is 0. The van der Waals surface area contributed by atoms with E-state index in [1.54, 1.807) is 0 Å². The van der Waals surface area contributed by atoms with E-state index >= 15 is 0 Å². The Balaban J connectivity index is 0. The Morgan fingerprint density at radius 2 is 1.17 bits per heavy atom. The molecule has 0 aromatic rings. The summed E-state index contributed by atoms with van der Waals surface area (Å²) in [4.78, 5) is 0. The topological polar surface area (TPSA) is 68.3 Å². The van der Waals surface area contributed by atoms with Crippen LogP contribution in [-0.4, -0.2) is 0 Å². The molecule has 0 radical (unpaired) electrons. The van der Waals surface area contributed by atoms with Crippen molar-refractivity contribution in [2.24, 2.45) is 0 Å². The molecular weight excluding hydrogens is 213 g/mol. The van der Waals surface area contributed by atoms with Crippen LogP contribution in [-0.2, 0) is 49.9 Å². The molecular formula is O4RuTi. The molecule has 0 aliphatic heterocycles. The number of hydrogen-bond acceptors (Lipinski definition) is 4. The van der Waals surface area contributed by atoms with Gasteiger partial charge in [-0.1, -0.05) is 0 Å². The molecule has 4 nitrogen and oxygen atoms in total. The van der Waals surface area contributed by atoms with E-state index in [9.17, 15) is 0 Å². The molecule has 0 bridgehead atoms. The molecule has 6 heteroatoms. The zero-order chi connectivity index (χ0) is 5.41. The first-order valence-corrected chi connectivity index (χ1v) is 3.39. The Bertz CT molecular complexity index is 61.5. The van der Waals surface area contributed by atoms with E-state index in [1.165, 1.54) is 0 Å². The van der Waals surface area contributed by atoms with Crippen molar-refractivity contribution in [2.45, 2.75) is 0 Å². The Kier molecular flexibility index (Phi) is 28.7. The first kappa shape index (κ1) is 9.74. The van der Waals surface area contributed by atoms with Gasteiger partial charge in [-0.25, -0.2) is 0 Å². The molecule has 0 N–H and O–H groups in total. The van der Waals surface area contributed by atoms with Gasteiger partial charge in [0.1, 0.15) is 0 Å². The number of hydrogen-bond donors (Lipinski definition) is 0. The summed E-state index contributed by atoms with van der Waals surface area (Å²) >= 11 is -3.79. The van der Waals surface area contributed by atoms with Crippen molar-refractivity contribution in [1.82, 2.24) is 0 Å². The van der Waals surface area contributed by atoms with E-state index in [1.807, 2.05) is 0 Å². The minimum atomic E-state index is -2.00. The van der Waals surface area contributed by atoms with Crippen LogP contribution in [0.2, 0.25) is 0 Å². The summed E-state index contributed by atoms with van der Waals surface area (Å²) < 4.78 is 33.9. The molecule has 0 heterocycles. The van der Waals surface area contributed by atoms with E-state index in [4.69, 9.17) is 13.8 Å². The van der Waals surface area contributed by atoms with Gasteiger partial charge in [-0.15, -0.1) is 0 Å². The van der Waals surface area contributed by atoms with Gasteiger partial charge in [0.2, 0.25) is 0 Å².